The predicted octanol–water partition coefficient (Wildman–Crippen LogP) is 1.69. The van der Waals surface area contributed by atoms with Crippen LogP contribution in [0.2, 0.25) is 0 Å². The van der Waals surface area contributed by atoms with Crippen molar-refractivity contribution in [3.63, 3.8) is 0 Å². The van der Waals surface area contributed by atoms with E-state index in [9.17, 15) is 0 Å². The first-order chi connectivity index (χ1) is 8.79. The first kappa shape index (κ1) is 12.6. The van der Waals surface area contributed by atoms with Gasteiger partial charge in [0.05, 0.1) is 18.8 Å². The smallest absolute Gasteiger partial charge is 0.203 e. The minimum atomic E-state index is 0.668. The highest BCUT2D eigenvalue weighted by Gasteiger charge is 2.05. The molecule has 0 amide bonds. The third-order valence-electron chi connectivity index (χ3n) is 2.59. The maximum atomic E-state index is 5.02. The summed E-state index contributed by atoms with van der Waals surface area (Å²) in [6.45, 7) is 4.20. The molecule has 0 aliphatic heterocycles. The molecule has 0 aromatic carbocycles. The van der Waals surface area contributed by atoms with Crippen LogP contribution in [0.15, 0.2) is 30.7 Å². The summed E-state index contributed by atoms with van der Waals surface area (Å²) in [6, 6.07) is 4.02. The lowest BCUT2D eigenvalue weighted by Crippen LogP contribution is -2.12. The van der Waals surface area contributed by atoms with Gasteiger partial charge in [-0.2, -0.15) is 0 Å². The van der Waals surface area contributed by atoms with Gasteiger partial charge in [-0.25, -0.2) is 4.98 Å². The highest BCUT2D eigenvalue weighted by atomic mass is 16.5. The molecule has 2 aromatic heterocycles. The largest absolute Gasteiger partial charge is 0.383 e. The van der Waals surface area contributed by atoms with Gasteiger partial charge in [0.2, 0.25) is 5.95 Å². The van der Waals surface area contributed by atoms with E-state index in [1.807, 2.05) is 25.3 Å². The Bertz CT molecular complexity index is 481. The van der Waals surface area contributed by atoms with Crippen molar-refractivity contribution in [2.75, 3.05) is 25.6 Å². The molecule has 0 saturated heterocycles. The first-order valence-corrected chi connectivity index (χ1v) is 5.95. The number of rotatable bonds is 6. The molecule has 18 heavy (non-hydrogen) atoms. The fourth-order valence-electron chi connectivity index (χ4n) is 1.76. The van der Waals surface area contributed by atoms with Gasteiger partial charge < -0.3 is 14.6 Å². The van der Waals surface area contributed by atoms with Gasteiger partial charge >= 0.3 is 0 Å². The number of hydrogen-bond acceptors (Lipinski definition) is 4. The van der Waals surface area contributed by atoms with Crippen molar-refractivity contribution >= 4 is 5.95 Å². The van der Waals surface area contributed by atoms with Crippen molar-refractivity contribution in [2.45, 2.75) is 13.5 Å². The molecule has 0 unspecified atom stereocenters. The Morgan fingerprint density at radius 1 is 1.33 bits per heavy atom. The Balaban J connectivity index is 2.07. The van der Waals surface area contributed by atoms with Crippen molar-refractivity contribution in [3.05, 3.63) is 42.0 Å². The molecule has 96 valence electrons. The quantitative estimate of drug-likeness (QED) is 0.788. The van der Waals surface area contributed by atoms with Gasteiger partial charge in [-0.05, 0) is 24.6 Å². The van der Waals surface area contributed by atoms with E-state index in [1.54, 1.807) is 19.5 Å². The van der Waals surface area contributed by atoms with Crippen molar-refractivity contribution in [1.29, 1.82) is 0 Å². The van der Waals surface area contributed by atoms with E-state index >= 15 is 0 Å². The number of ether oxygens (including phenoxy) is 1. The Labute approximate surface area is 107 Å². The zero-order valence-electron chi connectivity index (χ0n) is 10.8. The number of pyridine rings is 1. The van der Waals surface area contributed by atoms with E-state index in [0.717, 1.165) is 24.7 Å². The summed E-state index contributed by atoms with van der Waals surface area (Å²) in [7, 11) is 1.69. The normalized spacial score (nSPS) is 10.6. The average Bonchev–Trinajstić information content (AvgIpc) is 2.71. The third-order valence-corrected chi connectivity index (χ3v) is 2.59. The van der Waals surface area contributed by atoms with E-state index < -0.39 is 0 Å². The second-order valence-electron chi connectivity index (χ2n) is 4.11. The van der Waals surface area contributed by atoms with Gasteiger partial charge in [0.1, 0.15) is 0 Å². The summed E-state index contributed by atoms with van der Waals surface area (Å²) >= 11 is 0. The molecule has 0 aliphatic rings. The van der Waals surface area contributed by atoms with Crippen LogP contribution in [-0.2, 0) is 11.3 Å². The van der Waals surface area contributed by atoms with Crippen LogP contribution in [0.4, 0.5) is 5.95 Å². The van der Waals surface area contributed by atoms with Gasteiger partial charge in [0.25, 0.3) is 0 Å². The van der Waals surface area contributed by atoms with Gasteiger partial charge in [-0.15, -0.1) is 0 Å². The van der Waals surface area contributed by atoms with E-state index in [-0.39, 0.29) is 0 Å². The molecule has 0 aliphatic carbocycles. The number of aromatic nitrogens is 3. The monoisotopic (exact) mass is 246 g/mol. The van der Waals surface area contributed by atoms with Crippen LogP contribution >= 0.6 is 0 Å². The van der Waals surface area contributed by atoms with E-state index in [1.165, 1.54) is 5.56 Å². The van der Waals surface area contributed by atoms with Gasteiger partial charge in [-0.1, -0.05) is 0 Å². The fraction of sp³-hybridized carbons (Fsp3) is 0.385. The summed E-state index contributed by atoms with van der Waals surface area (Å²) in [6.07, 6.45) is 5.64. The molecule has 5 nitrogen and oxygen atoms in total. The number of hydrogen-bond donors (Lipinski definition) is 1. The molecule has 0 atom stereocenters. The maximum absolute atomic E-state index is 5.02. The molecule has 2 rings (SSSR count). The van der Waals surface area contributed by atoms with Gasteiger partial charge in [0.15, 0.2) is 0 Å². The number of nitrogens with zero attached hydrogens (tertiary/aromatic N) is 3. The minimum absolute atomic E-state index is 0.668. The molecular formula is C13H18N4O. The molecule has 2 heterocycles. The fourth-order valence-corrected chi connectivity index (χ4v) is 1.76. The van der Waals surface area contributed by atoms with Crippen molar-refractivity contribution in [2.24, 2.45) is 0 Å². The van der Waals surface area contributed by atoms with Crippen LogP contribution in [0, 0.1) is 6.92 Å². The number of methoxy groups -OCH3 is 1. The maximum Gasteiger partial charge on any atom is 0.203 e. The van der Waals surface area contributed by atoms with Crippen LogP contribution in [-0.4, -0.2) is 34.8 Å². The lowest BCUT2D eigenvalue weighted by Gasteiger charge is -2.09. The minimum Gasteiger partial charge on any atom is -0.383 e. The molecular weight excluding hydrogens is 228 g/mol. The van der Waals surface area contributed by atoms with E-state index in [4.69, 9.17) is 4.74 Å². The van der Waals surface area contributed by atoms with Crippen molar-refractivity contribution in [1.82, 2.24) is 14.5 Å². The number of anilines is 1. The second kappa shape index (κ2) is 6.16. The molecule has 0 spiro atoms. The topological polar surface area (TPSA) is 52.0 Å². The van der Waals surface area contributed by atoms with Gasteiger partial charge in [0, 0.05) is 32.2 Å². The lowest BCUT2D eigenvalue weighted by molar-refractivity contribution is 0.210. The lowest BCUT2D eigenvalue weighted by atomic mass is 10.3. The number of imidazole rings is 1. The zero-order valence-corrected chi connectivity index (χ0v) is 10.8. The molecule has 0 radical (unpaired) electrons. The first-order valence-electron chi connectivity index (χ1n) is 5.95. The van der Waals surface area contributed by atoms with Crippen LogP contribution in [0.5, 0.6) is 0 Å². The van der Waals surface area contributed by atoms with Crippen molar-refractivity contribution in [3.8, 4) is 0 Å². The van der Waals surface area contributed by atoms with Crippen molar-refractivity contribution < 1.29 is 4.74 Å². The molecule has 0 saturated carbocycles. The van der Waals surface area contributed by atoms with Crippen LogP contribution in [0.1, 0.15) is 11.3 Å². The Kier molecular flexibility index (Phi) is 4.30. The third kappa shape index (κ3) is 3.30. The summed E-state index contributed by atoms with van der Waals surface area (Å²) in [5.41, 5.74) is 2.21. The summed E-state index contributed by atoms with van der Waals surface area (Å²) in [4.78, 5) is 8.48. The molecule has 0 fully saturated rings. The number of aryl methyl sites for hydroxylation is 1. The molecule has 5 heteroatoms. The standard InChI is InChI=1S/C13H18N4O/c1-11-9-17(10-12-3-5-14-6-4-12)13(16-11)15-7-8-18-2/h3-6,9H,7-8,10H2,1-2H3,(H,15,16). The summed E-state index contributed by atoms with van der Waals surface area (Å²) in [5, 5.41) is 3.27. The number of nitrogens with one attached hydrogen (secondary N) is 1. The summed E-state index contributed by atoms with van der Waals surface area (Å²) < 4.78 is 7.12. The highest BCUT2D eigenvalue weighted by molar-refractivity contribution is 5.30. The SMILES string of the molecule is COCCNc1nc(C)cn1Cc1ccncc1. The average molecular weight is 246 g/mol. The van der Waals surface area contributed by atoms with E-state index in [0.29, 0.717) is 6.61 Å². The highest BCUT2D eigenvalue weighted by Crippen LogP contribution is 2.11. The van der Waals surface area contributed by atoms with Gasteiger partial charge in [-0.3, -0.25) is 4.98 Å². The Morgan fingerprint density at radius 2 is 2.11 bits per heavy atom. The van der Waals surface area contributed by atoms with Crippen LogP contribution < -0.4 is 5.32 Å². The Morgan fingerprint density at radius 3 is 2.83 bits per heavy atom. The zero-order chi connectivity index (χ0) is 12.8. The second-order valence-corrected chi connectivity index (χ2v) is 4.11. The predicted molar refractivity (Wildman–Crippen MR) is 70.7 cm³/mol. The van der Waals surface area contributed by atoms with Crippen LogP contribution in [0.25, 0.3) is 0 Å². The Hall–Kier alpha value is -1.88. The van der Waals surface area contributed by atoms with Crippen LogP contribution in [0.3, 0.4) is 0 Å². The van der Waals surface area contributed by atoms with E-state index in [2.05, 4.69) is 19.9 Å². The molecule has 1 N–H and O–H groups in total. The molecule has 2 aromatic rings. The summed E-state index contributed by atoms with van der Waals surface area (Å²) in [5.74, 6) is 0.876. The molecule has 0 bridgehead atoms.